The van der Waals surface area contributed by atoms with Crippen LogP contribution in [-0.2, 0) is 14.3 Å². The summed E-state index contributed by atoms with van der Waals surface area (Å²) in [7, 11) is 0. The van der Waals surface area contributed by atoms with Crippen LogP contribution < -0.4 is 0 Å². The van der Waals surface area contributed by atoms with E-state index >= 15 is 0 Å². The number of ether oxygens (including phenoxy) is 1. The predicted molar refractivity (Wildman–Crippen MR) is 119 cm³/mol. The number of benzene rings is 2. The number of likely N-dealkylation sites (tertiary alicyclic amines) is 1. The van der Waals surface area contributed by atoms with Crippen molar-refractivity contribution >= 4 is 35.0 Å². The Bertz CT molecular complexity index is 1180. The van der Waals surface area contributed by atoms with Gasteiger partial charge in [0.2, 0.25) is 29.0 Å². The van der Waals surface area contributed by atoms with Gasteiger partial charge in [0.15, 0.2) is 0 Å². The van der Waals surface area contributed by atoms with Crippen molar-refractivity contribution in [2.75, 3.05) is 0 Å². The third kappa shape index (κ3) is 2.65. The fourth-order valence-electron chi connectivity index (χ4n) is 6.23. The first kappa shape index (κ1) is 20.8. The molecule has 2 saturated heterocycles. The zero-order valence-corrected chi connectivity index (χ0v) is 18.6. The second-order valence-corrected chi connectivity index (χ2v) is 9.75. The molecule has 1 spiro atoms. The Morgan fingerprint density at radius 3 is 2.06 bits per heavy atom. The average Bonchev–Trinajstić information content (AvgIpc) is 3.40. The summed E-state index contributed by atoms with van der Waals surface area (Å²) >= 11 is 6.46. The molecule has 0 bridgehead atoms. The third-order valence-electron chi connectivity index (χ3n) is 7.70. The monoisotopic (exact) mass is 463 g/mol. The zero-order valence-electron chi connectivity index (χ0n) is 17.8. The highest BCUT2D eigenvalue weighted by Crippen LogP contribution is 2.58. The standard InChI is InChI=1S/C26H22ClNO5/c27-18-13-7-6-12-17(18)21-19-20(25(32)28(24(19)31)14-8-2-1-3-9-14)26(33-21)22(29)15-10-4-5-11-16(15)23(26)30/h4-7,10-14,19-21H,1-3,8-9H2/t19-,20-,21+/m1/s1. The summed E-state index contributed by atoms with van der Waals surface area (Å²) < 4.78 is 6.28. The number of imide groups is 1. The average molecular weight is 464 g/mol. The Labute approximate surface area is 195 Å². The van der Waals surface area contributed by atoms with Crippen molar-refractivity contribution < 1.29 is 23.9 Å². The second-order valence-electron chi connectivity index (χ2n) is 9.34. The van der Waals surface area contributed by atoms with Gasteiger partial charge in [-0.25, -0.2) is 0 Å². The second kappa shape index (κ2) is 7.34. The molecule has 2 heterocycles. The Morgan fingerprint density at radius 1 is 0.818 bits per heavy atom. The van der Waals surface area contributed by atoms with Crippen LogP contribution in [-0.4, -0.2) is 39.9 Å². The SMILES string of the molecule is O=C1[C@H]2[C@H](c3ccccc3Cl)OC3(C(=O)c4ccccc4C3=O)[C@H]2C(=O)N1C1CCCCC1. The van der Waals surface area contributed by atoms with Crippen LogP contribution in [0.15, 0.2) is 48.5 Å². The van der Waals surface area contributed by atoms with E-state index in [1.54, 1.807) is 48.5 Å². The summed E-state index contributed by atoms with van der Waals surface area (Å²) in [5.74, 6) is -4.09. The van der Waals surface area contributed by atoms with Gasteiger partial charge in [0.1, 0.15) is 0 Å². The molecule has 1 saturated carbocycles. The number of carbonyl (C=O) groups is 4. The van der Waals surface area contributed by atoms with E-state index in [4.69, 9.17) is 16.3 Å². The van der Waals surface area contributed by atoms with Crippen LogP contribution in [0.3, 0.4) is 0 Å². The van der Waals surface area contributed by atoms with Gasteiger partial charge in [0.25, 0.3) is 0 Å². The van der Waals surface area contributed by atoms with E-state index in [1.165, 1.54) is 4.90 Å². The number of hydrogen-bond donors (Lipinski definition) is 0. The number of hydrogen-bond acceptors (Lipinski definition) is 5. The molecule has 168 valence electrons. The molecule has 3 fully saturated rings. The van der Waals surface area contributed by atoms with Crippen molar-refractivity contribution in [2.24, 2.45) is 11.8 Å². The first-order valence-electron chi connectivity index (χ1n) is 11.4. The molecule has 0 radical (unpaired) electrons. The summed E-state index contributed by atoms with van der Waals surface area (Å²) in [6, 6.07) is 13.2. The summed E-state index contributed by atoms with van der Waals surface area (Å²) in [4.78, 5) is 56.4. The number of Topliss-reactive ketones (excluding diaryl/α,β-unsaturated/α-hetero) is 2. The summed E-state index contributed by atoms with van der Waals surface area (Å²) in [6.45, 7) is 0. The van der Waals surface area contributed by atoms with Gasteiger partial charge in [-0.3, -0.25) is 24.1 Å². The number of amides is 2. The van der Waals surface area contributed by atoms with E-state index < -0.39 is 41.0 Å². The molecule has 2 aromatic rings. The van der Waals surface area contributed by atoms with Crippen molar-refractivity contribution in [3.8, 4) is 0 Å². The van der Waals surface area contributed by atoms with E-state index in [0.717, 1.165) is 32.1 Å². The quantitative estimate of drug-likeness (QED) is 0.493. The number of fused-ring (bicyclic) bond motifs is 3. The van der Waals surface area contributed by atoms with Crippen LogP contribution >= 0.6 is 11.6 Å². The van der Waals surface area contributed by atoms with Crippen molar-refractivity contribution in [1.82, 2.24) is 4.90 Å². The molecule has 0 unspecified atom stereocenters. The largest absolute Gasteiger partial charge is 0.349 e. The number of halogens is 1. The van der Waals surface area contributed by atoms with E-state index in [2.05, 4.69) is 0 Å². The molecule has 6 nitrogen and oxygen atoms in total. The van der Waals surface area contributed by atoms with Crippen molar-refractivity contribution in [2.45, 2.75) is 49.9 Å². The highest BCUT2D eigenvalue weighted by atomic mass is 35.5. The number of nitrogens with zero attached hydrogens (tertiary/aromatic N) is 1. The summed E-state index contributed by atoms with van der Waals surface area (Å²) in [5.41, 5.74) is -1.06. The molecule has 0 N–H and O–H groups in total. The highest BCUT2D eigenvalue weighted by molar-refractivity contribution is 6.35. The maximum atomic E-state index is 13.8. The molecule has 2 aromatic carbocycles. The minimum Gasteiger partial charge on any atom is -0.349 e. The molecule has 0 aromatic heterocycles. The van der Waals surface area contributed by atoms with Crippen molar-refractivity contribution in [3.05, 3.63) is 70.2 Å². The van der Waals surface area contributed by atoms with Gasteiger partial charge in [-0.2, -0.15) is 0 Å². The van der Waals surface area contributed by atoms with E-state index in [0.29, 0.717) is 10.6 Å². The van der Waals surface area contributed by atoms with Crippen LogP contribution in [0.25, 0.3) is 0 Å². The van der Waals surface area contributed by atoms with Gasteiger partial charge in [0.05, 0.1) is 17.9 Å². The van der Waals surface area contributed by atoms with Gasteiger partial charge in [-0.15, -0.1) is 0 Å². The van der Waals surface area contributed by atoms with Crippen LogP contribution in [0.4, 0.5) is 0 Å². The van der Waals surface area contributed by atoms with Gasteiger partial charge in [-0.1, -0.05) is 73.3 Å². The fraction of sp³-hybridized carbons (Fsp3) is 0.385. The minimum absolute atomic E-state index is 0.206. The molecule has 2 amide bonds. The predicted octanol–water partition coefficient (Wildman–Crippen LogP) is 4.16. The first-order valence-corrected chi connectivity index (χ1v) is 11.8. The maximum absolute atomic E-state index is 13.8. The van der Waals surface area contributed by atoms with Gasteiger partial charge >= 0.3 is 0 Å². The van der Waals surface area contributed by atoms with Gasteiger partial charge in [0, 0.05) is 27.8 Å². The number of ketones is 2. The van der Waals surface area contributed by atoms with E-state index in [1.807, 2.05) is 0 Å². The van der Waals surface area contributed by atoms with Gasteiger partial charge in [-0.05, 0) is 18.9 Å². The normalized spacial score (nSPS) is 28.6. The first-order chi connectivity index (χ1) is 16.0. The molecule has 2 aliphatic heterocycles. The fourth-order valence-corrected chi connectivity index (χ4v) is 6.47. The Kier molecular flexibility index (Phi) is 4.61. The van der Waals surface area contributed by atoms with Crippen molar-refractivity contribution in [1.29, 1.82) is 0 Å². The third-order valence-corrected chi connectivity index (χ3v) is 8.05. The molecule has 4 aliphatic rings. The number of rotatable bonds is 2. The smallest absolute Gasteiger partial charge is 0.237 e. The lowest BCUT2D eigenvalue weighted by molar-refractivity contribution is -0.148. The Hall–Kier alpha value is -2.83. The Balaban J connectivity index is 1.52. The summed E-state index contributed by atoms with van der Waals surface area (Å²) in [6.07, 6.45) is 3.47. The van der Waals surface area contributed by atoms with Crippen molar-refractivity contribution in [3.63, 3.8) is 0 Å². The molecule has 7 heteroatoms. The highest BCUT2D eigenvalue weighted by Gasteiger charge is 2.75. The van der Waals surface area contributed by atoms with Crippen LogP contribution in [0, 0.1) is 11.8 Å². The van der Waals surface area contributed by atoms with Gasteiger partial charge < -0.3 is 4.74 Å². The van der Waals surface area contributed by atoms with Crippen LogP contribution in [0.2, 0.25) is 5.02 Å². The lowest BCUT2D eigenvalue weighted by Crippen LogP contribution is -2.52. The molecule has 3 atom stereocenters. The molecular formula is C26H22ClNO5. The van der Waals surface area contributed by atoms with Crippen LogP contribution in [0.5, 0.6) is 0 Å². The molecule has 2 aliphatic carbocycles. The lowest BCUT2D eigenvalue weighted by Gasteiger charge is -2.33. The maximum Gasteiger partial charge on any atom is 0.237 e. The Morgan fingerprint density at radius 2 is 1.42 bits per heavy atom. The minimum atomic E-state index is -2.03. The molecular weight excluding hydrogens is 442 g/mol. The lowest BCUT2D eigenvalue weighted by atomic mass is 9.77. The molecule has 33 heavy (non-hydrogen) atoms. The van der Waals surface area contributed by atoms with E-state index in [-0.39, 0.29) is 23.1 Å². The number of carbonyl (C=O) groups excluding carboxylic acids is 4. The van der Waals surface area contributed by atoms with E-state index in [9.17, 15) is 19.2 Å². The summed E-state index contributed by atoms with van der Waals surface area (Å²) in [5, 5.41) is 0.366. The molecule has 6 rings (SSSR count). The topological polar surface area (TPSA) is 80.8 Å². The zero-order chi connectivity index (χ0) is 22.9. The van der Waals surface area contributed by atoms with Crippen LogP contribution in [0.1, 0.15) is 64.5 Å².